The van der Waals surface area contributed by atoms with Gasteiger partial charge in [-0.1, -0.05) is 271 Å². The number of carbonyl (C=O) groups excluding carboxylic acids is 1. The van der Waals surface area contributed by atoms with Crippen LogP contribution in [0.25, 0.3) is 0 Å². The quantitative estimate of drug-likeness (QED) is 0.0204. The van der Waals surface area contributed by atoms with Crippen molar-refractivity contribution in [1.29, 1.82) is 0 Å². The lowest BCUT2D eigenvalue weighted by Crippen LogP contribution is -2.65. The molecule has 9 N–H and O–H groups in total. The van der Waals surface area contributed by atoms with Gasteiger partial charge in [0.1, 0.15) is 48.8 Å². The second-order valence-corrected chi connectivity index (χ2v) is 23.9. The van der Waals surface area contributed by atoms with Crippen molar-refractivity contribution < 1.29 is 64.6 Å². The van der Waals surface area contributed by atoms with E-state index in [1.54, 1.807) is 6.08 Å². The third-order valence-corrected chi connectivity index (χ3v) is 16.2. The summed E-state index contributed by atoms with van der Waals surface area (Å²) in [6.45, 7) is 2.69. The summed E-state index contributed by atoms with van der Waals surface area (Å²) < 4.78 is 22.8. The maximum absolute atomic E-state index is 13.3. The average Bonchev–Trinajstić information content (AvgIpc) is 2.33. The van der Waals surface area contributed by atoms with Crippen molar-refractivity contribution in [1.82, 2.24) is 5.32 Å². The molecule has 0 spiro atoms. The SMILES string of the molecule is CC/C=C\C/C=C\C/C=C\C/C=C\C/C=C\C/C=C\C/C=C\C/C=C\CCCCCCCCC(=O)NC(COC1OC(CO)C(OC2OC(CO)C(O)C(O)C2O)C(O)C1O)C(O)/C=C/CCCCCCCCCCCCCCCCCCCCCC. The maximum atomic E-state index is 13.3. The van der Waals surface area contributed by atoms with Gasteiger partial charge in [-0.25, -0.2) is 0 Å². The van der Waals surface area contributed by atoms with E-state index in [0.717, 1.165) is 109 Å². The summed E-state index contributed by atoms with van der Waals surface area (Å²) in [7, 11) is 0. The molecule has 0 bridgehead atoms. The maximum Gasteiger partial charge on any atom is 0.220 e. The smallest absolute Gasteiger partial charge is 0.220 e. The third kappa shape index (κ3) is 40.9. The highest BCUT2D eigenvalue weighted by molar-refractivity contribution is 5.76. The van der Waals surface area contributed by atoms with Crippen LogP contribution in [0.1, 0.15) is 251 Å². The Morgan fingerprint density at radius 3 is 1.22 bits per heavy atom. The molecule has 14 nitrogen and oxygen atoms in total. The summed E-state index contributed by atoms with van der Waals surface area (Å²) in [6, 6.07) is -0.932. The van der Waals surface area contributed by atoms with Crippen molar-refractivity contribution in [3.8, 4) is 0 Å². The molecular weight excluding hydrogens is 1100 g/mol. The predicted molar refractivity (Wildman–Crippen MR) is 355 cm³/mol. The van der Waals surface area contributed by atoms with Crippen LogP contribution in [0.15, 0.2) is 109 Å². The molecule has 1 amide bonds. The molecule has 2 saturated heterocycles. The first-order chi connectivity index (χ1) is 42.6. The van der Waals surface area contributed by atoms with Gasteiger partial charge in [-0.15, -0.1) is 0 Å². The molecular formula is C73H125NO13. The summed E-state index contributed by atoms with van der Waals surface area (Å²) in [4.78, 5) is 13.3. The van der Waals surface area contributed by atoms with Crippen molar-refractivity contribution in [2.75, 3.05) is 19.8 Å². The number of aliphatic hydroxyl groups is 8. The van der Waals surface area contributed by atoms with E-state index in [9.17, 15) is 45.6 Å². The molecule has 2 aliphatic heterocycles. The summed E-state index contributed by atoms with van der Waals surface area (Å²) in [5.74, 6) is -0.256. The molecule has 0 aromatic rings. The van der Waals surface area contributed by atoms with E-state index in [-0.39, 0.29) is 18.9 Å². The van der Waals surface area contributed by atoms with Gasteiger partial charge in [0.15, 0.2) is 12.6 Å². The molecule has 0 aromatic heterocycles. The molecule has 2 rings (SSSR count). The number of ether oxygens (including phenoxy) is 4. The van der Waals surface area contributed by atoms with Crippen LogP contribution in [0, 0.1) is 0 Å². The van der Waals surface area contributed by atoms with Crippen molar-refractivity contribution in [3.05, 3.63) is 109 Å². The summed E-state index contributed by atoms with van der Waals surface area (Å²) in [5.41, 5.74) is 0. The van der Waals surface area contributed by atoms with E-state index in [2.05, 4.69) is 116 Å². The lowest BCUT2D eigenvalue weighted by Gasteiger charge is -2.46. The van der Waals surface area contributed by atoms with Gasteiger partial charge in [0, 0.05) is 6.42 Å². The Labute approximate surface area is 527 Å². The van der Waals surface area contributed by atoms with Gasteiger partial charge in [-0.2, -0.15) is 0 Å². The van der Waals surface area contributed by atoms with Crippen molar-refractivity contribution in [2.24, 2.45) is 0 Å². The molecule has 0 aromatic carbocycles. The van der Waals surface area contributed by atoms with Crippen LogP contribution >= 0.6 is 0 Å². The summed E-state index contributed by atoms with van der Waals surface area (Å²) >= 11 is 0. The number of amides is 1. The molecule has 12 unspecified atom stereocenters. The minimum Gasteiger partial charge on any atom is -0.394 e. The Morgan fingerprint density at radius 2 is 0.793 bits per heavy atom. The standard InChI is InChI=1S/C73H125NO13/c1-3-5-7-9-11-13-15-17-19-21-23-25-27-28-29-30-31-32-33-34-35-37-39-41-43-45-47-49-51-53-55-57-65(78)74-61(60-84-72-70(83)68(81)71(64(59-76)86-72)87-73-69(82)67(80)66(79)63(58-75)85-73)62(77)56-54-52-50-48-46-44-42-40-38-36-26-24-22-20-18-16-14-12-10-8-6-4-2/h5,7,11,13,17,19,23,25,28-29,31-32,34-35,39,41,54,56,61-64,66-73,75-77,79-83H,3-4,6,8-10,12,14-16,18,20-22,24,26-27,30,33,36-38,40,42-53,55,57-60H2,1-2H3,(H,74,78)/b7-5-,13-11-,19-17-,25-23-,29-28-,32-31-,35-34-,41-39-,56-54+. The molecule has 2 fully saturated rings. The minimum atomic E-state index is -1.80. The molecule has 87 heavy (non-hydrogen) atoms. The number of rotatable bonds is 55. The van der Waals surface area contributed by atoms with Crippen LogP contribution in [-0.4, -0.2) is 140 Å². The first kappa shape index (κ1) is 79.7. The lowest BCUT2D eigenvalue weighted by molar-refractivity contribution is -0.359. The number of carbonyl (C=O) groups is 1. The van der Waals surface area contributed by atoms with E-state index in [0.29, 0.717) is 6.42 Å². The zero-order valence-corrected chi connectivity index (χ0v) is 54.2. The third-order valence-electron chi connectivity index (χ3n) is 16.2. The van der Waals surface area contributed by atoms with Gasteiger partial charge >= 0.3 is 0 Å². The number of aliphatic hydroxyl groups excluding tert-OH is 8. The second-order valence-electron chi connectivity index (χ2n) is 23.9. The van der Waals surface area contributed by atoms with Crippen LogP contribution in [0.4, 0.5) is 0 Å². The van der Waals surface area contributed by atoms with E-state index in [1.807, 2.05) is 6.08 Å². The number of unbranched alkanes of at least 4 members (excludes halogenated alkanes) is 26. The largest absolute Gasteiger partial charge is 0.394 e. The highest BCUT2D eigenvalue weighted by atomic mass is 16.7. The van der Waals surface area contributed by atoms with Crippen LogP contribution in [0.3, 0.4) is 0 Å². The first-order valence-electron chi connectivity index (χ1n) is 34.6. The van der Waals surface area contributed by atoms with Gasteiger partial charge in [0.2, 0.25) is 5.91 Å². The Bertz CT molecular complexity index is 1880. The van der Waals surface area contributed by atoms with Crippen molar-refractivity contribution in [3.63, 3.8) is 0 Å². The van der Waals surface area contributed by atoms with Crippen LogP contribution in [0.2, 0.25) is 0 Å². The topological polar surface area (TPSA) is 228 Å². The fraction of sp³-hybridized carbons (Fsp3) is 0.740. The number of hydrogen-bond acceptors (Lipinski definition) is 13. The van der Waals surface area contributed by atoms with E-state index >= 15 is 0 Å². The predicted octanol–water partition coefficient (Wildman–Crippen LogP) is 14.0. The zero-order valence-electron chi connectivity index (χ0n) is 54.2. The summed E-state index contributed by atoms with van der Waals surface area (Å²) in [5, 5.41) is 87.4. The molecule has 0 saturated carbocycles. The molecule has 500 valence electrons. The molecule has 14 heteroatoms. The highest BCUT2D eigenvalue weighted by Gasteiger charge is 2.51. The lowest BCUT2D eigenvalue weighted by atomic mass is 9.97. The molecule has 2 aliphatic rings. The normalized spacial score (nSPS) is 24.0. The Kier molecular flexibility index (Phi) is 51.9. The Morgan fingerprint density at radius 1 is 0.425 bits per heavy atom. The Hall–Kier alpha value is -3.35. The fourth-order valence-electron chi connectivity index (χ4n) is 10.7. The van der Waals surface area contributed by atoms with Gasteiger partial charge < -0.3 is 65.1 Å². The zero-order chi connectivity index (χ0) is 63.1. The highest BCUT2D eigenvalue weighted by Crippen LogP contribution is 2.30. The van der Waals surface area contributed by atoms with Gasteiger partial charge in [0.25, 0.3) is 0 Å². The number of nitrogens with one attached hydrogen (secondary N) is 1. The van der Waals surface area contributed by atoms with Gasteiger partial charge in [-0.05, 0) is 83.5 Å². The fourth-order valence-corrected chi connectivity index (χ4v) is 10.7. The molecule has 12 atom stereocenters. The van der Waals surface area contributed by atoms with Gasteiger partial charge in [-0.3, -0.25) is 4.79 Å². The minimum absolute atomic E-state index is 0.256. The molecule has 2 heterocycles. The average molecular weight is 1220 g/mol. The summed E-state index contributed by atoms with van der Waals surface area (Å²) in [6.07, 6.45) is 64.1. The Balaban J connectivity index is 1.71. The van der Waals surface area contributed by atoms with Crippen LogP contribution in [-0.2, 0) is 23.7 Å². The van der Waals surface area contributed by atoms with E-state index < -0.39 is 86.8 Å². The van der Waals surface area contributed by atoms with Gasteiger partial charge in [0.05, 0.1) is 32.0 Å². The first-order valence-corrected chi connectivity index (χ1v) is 34.6. The van der Waals surface area contributed by atoms with E-state index in [4.69, 9.17) is 18.9 Å². The van der Waals surface area contributed by atoms with Crippen LogP contribution in [0.5, 0.6) is 0 Å². The molecule has 0 radical (unpaired) electrons. The van der Waals surface area contributed by atoms with E-state index in [1.165, 1.54) is 116 Å². The van der Waals surface area contributed by atoms with Crippen LogP contribution < -0.4 is 5.32 Å². The van der Waals surface area contributed by atoms with Crippen molar-refractivity contribution >= 4 is 5.91 Å². The number of allylic oxidation sites excluding steroid dienone is 17. The van der Waals surface area contributed by atoms with Crippen molar-refractivity contribution in [2.45, 2.75) is 325 Å². The number of hydrogen-bond donors (Lipinski definition) is 9. The second kappa shape index (κ2) is 56.6. The molecule has 0 aliphatic carbocycles. The monoisotopic (exact) mass is 1220 g/mol.